The topological polar surface area (TPSA) is 90.2 Å². The Hall–Kier alpha value is -3.56. The van der Waals surface area contributed by atoms with Crippen molar-refractivity contribution in [3.63, 3.8) is 0 Å². The standard InChI is InChI=1S/C24H23ClN4O5/c1-31-18-5-3-17(4-6-18)24-26-21(34-27-24)14-28-8-10-29(11-9-28)22(30)7-2-16-12-19(25)23-20(13-16)32-15-33-23/h2-7,12-13H,8-11,14-15H2,1H3/b7-2+. The van der Waals surface area contributed by atoms with E-state index in [1.54, 1.807) is 31.4 Å². The molecule has 3 aromatic rings. The van der Waals surface area contributed by atoms with E-state index in [-0.39, 0.29) is 12.7 Å². The highest BCUT2D eigenvalue weighted by Gasteiger charge is 2.22. The molecule has 10 heteroatoms. The number of nitrogens with zero attached hydrogens (tertiary/aromatic N) is 4. The summed E-state index contributed by atoms with van der Waals surface area (Å²) in [5.41, 5.74) is 1.65. The smallest absolute Gasteiger partial charge is 0.246 e. The molecule has 1 amide bonds. The van der Waals surface area contributed by atoms with Gasteiger partial charge in [0, 0.05) is 37.8 Å². The minimum Gasteiger partial charge on any atom is -0.497 e. The van der Waals surface area contributed by atoms with Crippen molar-refractivity contribution in [2.75, 3.05) is 40.1 Å². The molecule has 34 heavy (non-hydrogen) atoms. The van der Waals surface area contributed by atoms with Gasteiger partial charge in [-0.2, -0.15) is 4.98 Å². The maximum absolute atomic E-state index is 12.6. The maximum Gasteiger partial charge on any atom is 0.246 e. The Morgan fingerprint density at radius 1 is 1.15 bits per heavy atom. The predicted molar refractivity (Wildman–Crippen MR) is 125 cm³/mol. The van der Waals surface area contributed by atoms with Crippen molar-refractivity contribution >= 4 is 23.6 Å². The number of halogens is 1. The van der Waals surface area contributed by atoms with Crippen molar-refractivity contribution < 1.29 is 23.5 Å². The Balaban J connectivity index is 1.13. The summed E-state index contributed by atoms with van der Waals surface area (Å²) in [7, 11) is 1.63. The molecule has 1 fully saturated rings. The zero-order valence-electron chi connectivity index (χ0n) is 18.6. The van der Waals surface area contributed by atoms with E-state index < -0.39 is 0 Å². The fraction of sp³-hybridized carbons (Fsp3) is 0.292. The molecule has 9 nitrogen and oxygen atoms in total. The fourth-order valence-electron chi connectivity index (χ4n) is 3.85. The van der Waals surface area contributed by atoms with E-state index in [0.29, 0.717) is 47.9 Å². The minimum atomic E-state index is -0.0481. The molecular formula is C24H23ClN4O5. The van der Waals surface area contributed by atoms with Crippen LogP contribution in [0.25, 0.3) is 17.5 Å². The van der Waals surface area contributed by atoms with Crippen LogP contribution in [-0.4, -0.2) is 65.9 Å². The number of hydrogen-bond donors (Lipinski definition) is 0. The van der Waals surface area contributed by atoms with Crippen LogP contribution in [0.1, 0.15) is 11.5 Å². The molecular weight excluding hydrogens is 460 g/mol. The second kappa shape index (κ2) is 9.74. The van der Waals surface area contributed by atoms with E-state index >= 15 is 0 Å². The maximum atomic E-state index is 12.6. The molecule has 0 N–H and O–H groups in total. The molecule has 0 unspecified atom stereocenters. The first-order valence-electron chi connectivity index (χ1n) is 10.8. The second-order valence-corrected chi connectivity index (χ2v) is 8.32. The normalized spacial score (nSPS) is 15.8. The van der Waals surface area contributed by atoms with Gasteiger partial charge in [0.1, 0.15) is 5.75 Å². The van der Waals surface area contributed by atoms with Crippen LogP contribution in [-0.2, 0) is 11.3 Å². The lowest BCUT2D eigenvalue weighted by Gasteiger charge is -2.33. The zero-order valence-corrected chi connectivity index (χ0v) is 19.3. The van der Waals surface area contributed by atoms with Crippen molar-refractivity contribution in [1.82, 2.24) is 19.9 Å². The third-order valence-corrected chi connectivity index (χ3v) is 6.01. The van der Waals surface area contributed by atoms with E-state index in [1.807, 2.05) is 29.2 Å². The first-order chi connectivity index (χ1) is 16.6. The van der Waals surface area contributed by atoms with Gasteiger partial charge in [0.25, 0.3) is 0 Å². The van der Waals surface area contributed by atoms with Crippen LogP contribution in [0.5, 0.6) is 17.2 Å². The fourth-order valence-corrected chi connectivity index (χ4v) is 4.12. The second-order valence-electron chi connectivity index (χ2n) is 7.91. The van der Waals surface area contributed by atoms with E-state index in [9.17, 15) is 4.79 Å². The average molecular weight is 483 g/mol. The van der Waals surface area contributed by atoms with Crippen LogP contribution in [0, 0.1) is 0 Å². The van der Waals surface area contributed by atoms with Crippen LogP contribution >= 0.6 is 11.6 Å². The van der Waals surface area contributed by atoms with Crippen molar-refractivity contribution in [1.29, 1.82) is 0 Å². The molecule has 0 bridgehead atoms. The van der Waals surface area contributed by atoms with E-state index in [4.69, 9.17) is 30.3 Å². The van der Waals surface area contributed by atoms with Gasteiger partial charge in [0.2, 0.25) is 24.4 Å². The summed E-state index contributed by atoms with van der Waals surface area (Å²) in [4.78, 5) is 21.1. The Bertz CT molecular complexity index is 1200. The lowest BCUT2D eigenvalue weighted by Crippen LogP contribution is -2.47. The van der Waals surface area contributed by atoms with Crippen molar-refractivity contribution in [2.45, 2.75) is 6.54 Å². The number of carbonyl (C=O) groups is 1. The number of fused-ring (bicyclic) bond motifs is 1. The van der Waals surface area contributed by atoms with E-state index in [0.717, 1.165) is 30.0 Å². The van der Waals surface area contributed by atoms with Gasteiger partial charge in [-0.3, -0.25) is 9.69 Å². The summed E-state index contributed by atoms with van der Waals surface area (Å²) >= 11 is 6.21. The Labute approximate surface area is 201 Å². The summed E-state index contributed by atoms with van der Waals surface area (Å²) < 4.78 is 21.3. The number of aromatic nitrogens is 2. The number of methoxy groups -OCH3 is 1. The molecule has 0 atom stereocenters. The van der Waals surface area contributed by atoms with Crippen molar-refractivity contribution in [2.24, 2.45) is 0 Å². The Morgan fingerprint density at radius 2 is 1.94 bits per heavy atom. The van der Waals surface area contributed by atoms with E-state index in [1.165, 1.54) is 0 Å². The largest absolute Gasteiger partial charge is 0.497 e. The quantitative estimate of drug-likeness (QED) is 0.493. The minimum absolute atomic E-state index is 0.0481. The summed E-state index contributed by atoms with van der Waals surface area (Å²) in [6.45, 7) is 3.36. The first-order valence-corrected chi connectivity index (χ1v) is 11.2. The molecule has 2 aliphatic heterocycles. The monoisotopic (exact) mass is 482 g/mol. The lowest BCUT2D eigenvalue weighted by molar-refractivity contribution is -0.127. The lowest BCUT2D eigenvalue weighted by atomic mass is 10.2. The van der Waals surface area contributed by atoms with Gasteiger partial charge in [-0.05, 0) is 48.0 Å². The van der Waals surface area contributed by atoms with Gasteiger partial charge in [0.05, 0.1) is 18.7 Å². The summed E-state index contributed by atoms with van der Waals surface area (Å²) in [6.07, 6.45) is 3.30. The summed E-state index contributed by atoms with van der Waals surface area (Å²) in [5.74, 6) is 2.94. The van der Waals surface area contributed by atoms with E-state index in [2.05, 4.69) is 15.0 Å². The van der Waals surface area contributed by atoms with Crippen molar-refractivity contribution in [3.05, 3.63) is 59.0 Å². The van der Waals surface area contributed by atoms with Gasteiger partial charge in [-0.25, -0.2) is 0 Å². The number of amides is 1. The van der Waals surface area contributed by atoms with Gasteiger partial charge in [0.15, 0.2) is 11.5 Å². The van der Waals surface area contributed by atoms with Crippen LogP contribution in [0.4, 0.5) is 0 Å². The number of rotatable bonds is 6. The van der Waals surface area contributed by atoms with Crippen LogP contribution in [0.15, 0.2) is 47.0 Å². The molecule has 176 valence electrons. The third kappa shape index (κ3) is 4.85. The molecule has 3 heterocycles. The van der Waals surface area contributed by atoms with Crippen molar-refractivity contribution in [3.8, 4) is 28.6 Å². The SMILES string of the molecule is COc1ccc(-c2noc(CN3CCN(C(=O)/C=C/c4cc(Cl)c5c(c4)OCO5)CC3)n2)cc1. The number of benzene rings is 2. The number of ether oxygens (including phenoxy) is 3. The Kier molecular flexibility index (Phi) is 6.37. The molecule has 1 saturated heterocycles. The number of piperazine rings is 1. The number of hydrogen-bond acceptors (Lipinski definition) is 8. The molecule has 1 aromatic heterocycles. The predicted octanol–water partition coefficient (Wildman–Crippen LogP) is 3.48. The zero-order chi connectivity index (χ0) is 23.5. The molecule has 5 rings (SSSR count). The van der Waals surface area contributed by atoms with Crippen LogP contribution in [0.3, 0.4) is 0 Å². The molecule has 2 aliphatic rings. The molecule has 0 aliphatic carbocycles. The first kappa shape index (κ1) is 22.2. The summed E-state index contributed by atoms with van der Waals surface area (Å²) in [5, 5.41) is 4.54. The highest BCUT2D eigenvalue weighted by molar-refractivity contribution is 6.32. The number of carbonyl (C=O) groups excluding carboxylic acids is 1. The highest BCUT2D eigenvalue weighted by atomic mass is 35.5. The van der Waals surface area contributed by atoms with Crippen LogP contribution in [0.2, 0.25) is 5.02 Å². The Morgan fingerprint density at radius 3 is 2.71 bits per heavy atom. The highest BCUT2D eigenvalue weighted by Crippen LogP contribution is 2.40. The van der Waals surface area contributed by atoms with Gasteiger partial charge in [-0.1, -0.05) is 16.8 Å². The molecule has 0 radical (unpaired) electrons. The molecule has 0 saturated carbocycles. The van der Waals surface area contributed by atoms with Gasteiger partial charge < -0.3 is 23.6 Å². The van der Waals surface area contributed by atoms with Gasteiger partial charge in [-0.15, -0.1) is 0 Å². The summed E-state index contributed by atoms with van der Waals surface area (Å²) in [6, 6.07) is 11.1. The van der Waals surface area contributed by atoms with Gasteiger partial charge >= 0.3 is 0 Å². The average Bonchev–Trinajstić information content (AvgIpc) is 3.53. The third-order valence-electron chi connectivity index (χ3n) is 5.73. The molecule has 2 aromatic carbocycles. The molecule has 0 spiro atoms. The van der Waals surface area contributed by atoms with Crippen LogP contribution < -0.4 is 14.2 Å².